The number of piperidine rings is 1. The van der Waals surface area contributed by atoms with Gasteiger partial charge in [-0.15, -0.1) is 11.3 Å². The molecule has 1 aromatic heterocycles. The first-order chi connectivity index (χ1) is 8.16. The maximum absolute atomic E-state index is 10.5. The molecule has 0 bridgehead atoms. The summed E-state index contributed by atoms with van der Waals surface area (Å²) in [7, 11) is 0. The minimum atomic E-state index is -0.744. The van der Waals surface area contributed by atoms with Crippen LogP contribution in [0.2, 0.25) is 0 Å². The van der Waals surface area contributed by atoms with Crippen molar-refractivity contribution in [2.24, 2.45) is 0 Å². The Kier molecular flexibility index (Phi) is 3.99. The summed E-state index contributed by atoms with van der Waals surface area (Å²) in [4.78, 5) is 18.3. The Morgan fingerprint density at radius 2 is 2.47 bits per heavy atom. The Labute approximate surface area is 105 Å². The second-order valence-electron chi connectivity index (χ2n) is 4.54. The van der Waals surface area contributed by atoms with E-state index < -0.39 is 5.97 Å². The lowest BCUT2D eigenvalue weighted by Gasteiger charge is -2.33. The number of nitrogens with zero attached hydrogens (tertiary/aromatic N) is 2. The summed E-state index contributed by atoms with van der Waals surface area (Å²) in [5.41, 5.74) is 0. The van der Waals surface area contributed by atoms with Gasteiger partial charge in [-0.1, -0.05) is 0 Å². The van der Waals surface area contributed by atoms with Gasteiger partial charge in [0.05, 0.1) is 6.42 Å². The van der Waals surface area contributed by atoms with Crippen LogP contribution in [-0.4, -0.2) is 28.6 Å². The number of rotatable bonds is 4. The van der Waals surface area contributed by atoms with Crippen molar-refractivity contribution < 1.29 is 9.90 Å². The number of hydrogen-bond acceptors (Lipinski definition) is 4. The third-order valence-electron chi connectivity index (χ3n) is 3.18. The molecule has 94 valence electrons. The first-order valence-electron chi connectivity index (χ1n) is 6.10. The van der Waals surface area contributed by atoms with E-state index in [-0.39, 0.29) is 6.42 Å². The van der Waals surface area contributed by atoms with E-state index in [0.717, 1.165) is 16.6 Å². The molecular weight excluding hydrogens is 236 g/mol. The number of aromatic nitrogens is 1. The average molecular weight is 254 g/mol. The van der Waals surface area contributed by atoms with Gasteiger partial charge in [-0.3, -0.25) is 4.79 Å². The van der Waals surface area contributed by atoms with E-state index in [9.17, 15) is 4.79 Å². The lowest BCUT2D eigenvalue weighted by atomic mass is 10.1. The molecule has 5 heteroatoms. The number of carboxylic acids is 1. The van der Waals surface area contributed by atoms with Gasteiger partial charge in [0, 0.05) is 23.7 Å². The summed E-state index contributed by atoms with van der Waals surface area (Å²) in [6, 6.07) is 0.558. The fourth-order valence-corrected chi connectivity index (χ4v) is 3.20. The zero-order valence-electron chi connectivity index (χ0n) is 10.1. The first kappa shape index (κ1) is 12.4. The molecule has 0 spiro atoms. The minimum Gasteiger partial charge on any atom is -0.481 e. The van der Waals surface area contributed by atoms with Gasteiger partial charge in [-0.25, -0.2) is 4.98 Å². The third kappa shape index (κ3) is 3.19. The third-order valence-corrected chi connectivity index (χ3v) is 4.27. The van der Waals surface area contributed by atoms with Crippen LogP contribution >= 0.6 is 11.3 Å². The highest BCUT2D eigenvalue weighted by atomic mass is 32.1. The normalized spacial score (nSPS) is 20.5. The lowest BCUT2D eigenvalue weighted by Crippen LogP contribution is -2.37. The molecule has 1 aromatic rings. The van der Waals surface area contributed by atoms with Crippen LogP contribution in [0, 0.1) is 0 Å². The van der Waals surface area contributed by atoms with Gasteiger partial charge in [0.1, 0.15) is 0 Å². The molecule has 0 aromatic carbocycles. The highest BCUT2D eigenvalue weighted by molar-refractivity contribution is 7.15. The minimum absolute atomic E-state index is 0.192. The van der Waals surface area contributed by atoms with Crippen molar-refractivity contribution >= 4 is 22.4 Å². The Bertz CT molecular complexity index is 392. The zero-order chi connectivity index (χ0) is 12.3. The summed E-state index contributed by atoms with van der Waals surface area (Å²) in [6.45, 7) is 3.31. The molecule has 1 N–H and O–H groups in total. The fourth-order valence-electron chi connectivity index (χ4n) is 2.16. The largest absolute Gasteiger partial charge is 0.481 e. The summed E-state index contributed by atoms with van der Waals surface area (Å²) < 4.78 is 0. The standard InChI is InChI=1S/C12H18N2O2S/c1-9-4-2-3-7-14(9)12-13-8-10(17-12)5-6-11(15)16/h8-9H,2-7H2,1H3,(H,15,16). The predicted molar refractivity (Wildman–Crippen MR) is 68.7 cm³/mol. The molecule has 2 rings (SSSR count). The van der Waals surface area contributed by atoms with Crippen LogP contribution in [0.15, 0.2) is 6.20 Å². The molecule has 1 aliphatic heterocycles. The predicted octanol–water partition coefficient (Wildman–Crippen LogP) is 2.54. The maximum atomic E-state index is 10.5. The SMILES string of the molecule is CC1CCCCN1c1ncc(CCC(=O)O)s1. The Morgan fingerprint density at radius 3 is 3.18 bits per heavy atom. The van der Waals surface area contributed by atoms with Gasteiger partial charge < -0.3 is 10.0 Å². The first-order valence-corrected chi connectivity index (χ1v) is 6.91. The van der Waals surface area contributed by atoms with E-state index in [1.54, 1.807) is 11.3 Å². The van der Waals surface area contributed by atoms with E-state index in [4.69, 9.17) is 5.11 Å². The molecule has 1 atom stereocenters. The maximum Gasteiger partial charge on any atom is 0.303 e. The van der Waals surface area contributed by atoms with Crippen molar-refractivity contribution in [1.82, 2.24) is 4.98 Å². The van der Waals surface area contributed by atoms with Crippen LogP contribution in [0.5, 0.6) is 0 Å². The van der Waals surface area contributed by atoms with Crippen LogP contribution < -0.4 is 4.90 Å². The van der Waals surface area contributed by atoms with Gasteiger partial charge in [0.25, 0.3) is 0 Å². The number of aryl methyl sites for hydroxylation is 1. The van der Waals surface area contributed by atoms with Crippen LogP contribution in [0.3, 0.4) is 0 Å². The fraction of sp³-hybridized carbons (Fsp3) is 0.667. The number of anilines is 1. The average Bonchev–Trinajstić information content (AvgIpc) is 2.75. The summed E-state index contributed by atoms with van der Waals surface area (Å²) in [5, 5.41) is 9.70. The van der Waals surface area contributed by atoms with Gasteiger partial charge in [0.2, 0.25) is 0 Å². The summed E-state index contributed by atoms with van der Waals surface area (Å²) in [6.07, 6.45) is 6.37. The molecule has 17 heavy (non-hydrogen) atoms. The molecule has 1 aliphatic rings. The van der Waals surface area contributed by atoms with Crippen LogP contribution in [0.25, 0.3) is 0 Å². The van der Waals surface area contributed by atoms with Gasteiger partial charge >= 0.3 is 5.97 Å². The van der Waals surface area contributed by atoms with E-state index >= 15 is 0 Å². The van der Waals surface area contributed by atoms with Crippen LogP contribution in [0.1, 0.15) is 37.5 Å². The van der Waals surface area contributed by atoms with Crippen molar-refractivity contribution in [3.05, 3.63) is 11.1 Å². The van der Waals surface area contributed by atoms with Gasteiger partial charge in [-0.2, -0.15) is 0 Å². The Hall–Kier alpha value is -1.10. The van der Waals surface area contributed by atoms with Gasteiger partial charge in [0.15, 0.2) is 5.13 Å². The molecule has 4 nitrogen and oxygen atoms in total. The quantitative estimate of drug-likeness (QED) is 0.897. The monoisotopic (exact) mass is 254 g/mol. The number of carbonyl (C=O) groups is 1. The van der Waals surface area contributed by atoms with Crippen LogP contribution in [-0.2, 0) is 11.2 Å². The van der Waals surface area contributed by atoms with Crippen molar-refractivity contribution in [3.63, 3.8) is 0 Å². The lowest BCUT2D eigenvalue weighted by molar-refractivity contribution is -0.136. The second-order valence-corrected chi connectivity index (χ2v) is 5.63. The van der Waals surface area contributed by atoms with E-state index in [1.165, 1.54) is 19.3 Å². The highest BCUT2D eigenvalue weighted by Crippen LogP contribution is 2.29. The topological polar surface area (TPSA) is 53.4 Å². The Morgan fingerprint density at radius 1 is 1.65 bits per heavy atom. The van der Waals surface area contributed by atoms with Crippen molar-refractivity contribution in [3.8, 4) is 0 Å². The van der Waals surface area contributed by atoms with Crippen molar-refractivity contribution in [1.29, 1.82) is 0 Å². The number of thiazole rings is 1. The molecule has 1 saturated heterocycles. The summed E-state index contributed by atoms with van der Waals surface area (Å²) >= 11 is 1.64. The van der Waals surface area contributed by atoms with Crippen molar-refractivity contribution in [2.45, 2.75) is 45.1 Å². The summed E-state index contributed by atoms with van der Waals surface area (Å²) in [5.74, 6) is -0.744. The molecule has 0 saturated carbocycles. The Balaban J connectivity index is 1.99. The van der Waals surface area contributed by atoms with Crippen molar-refractivity contribution in [2.75, 3.05) is 11.4 Å². The van der Waals surface area contributed by atoms with Crippen LogP contribution in [0.4, 0.5) is 5.13 Å². The van der Waals surface area contributed by atoms with E-state index in [2.05, 4.69) is 16.8 Å². The highest BCUT2D eigenvalue weighted by Gasteiger charge is 2.21. The van der Waals surface area contributed by atoms with E-state index in [1.807, 2.05) is 6.20 Å². The second kappa shape index (κ2) is 5.49. The molecule has 1 fully saturated rings. The van der Waals surface area contributed by atoms with E-state index in [0.29, 0.717) is 12.5 Å². The molecule has 1 unspecified atom stereocenters. The smallest absolute Gasteiger partial charge is 0.303 e. The molecule has 0 radical (unpaired) electrons. The number of carboxylic acid groups (broad SMARTS) is 1. The molecular formula is C12H18N2O2S. The molecule has 0 aliphatic carbocycles. The number of aliphatic carboxylic acids is 1. The molecule has 2 heterocycles. The molecule has 0 amide bonds. The van der Waals surface area contributed by atoms with Gasteiger partial charge in [-0.05, 0) is 32.6 Å². The number of hydrogen-bond donors (Lipinski definition) is 1. The zero-order valence-corrected chi connectivity index (χ0v) is 10.9.